The second-order valence-corrected chi connectivity index (χ2v) is 7.39. The molecule has 0 radical (unpaired) electrons. The van der Waals surface area contributed by atoms with Crippen molar-refractivity contribution in [1.82, 2.24) is 4.90 Å². The third-order valence-electron chi connectivity index (χ3n) is 4.47. The number of nitrogens with one attached hydrogen (secondary N) is 1. The van der Waals surface area contributed by atoms with Gasteiger partial charge in [0.25, 0.3) is 5.91 Å². The number of benzene rings is 2. The van der Waals surface area contributed by atoms with E-state index in [-0.39, 0.29) is 24.2 Å². The standard InChI is InChI=1S/C20H21FN2O3S/c1-13-7-8-15(9-14(13)2)22-20(25)17-11-27-12-23(17)19(24)10-26-18-6-4-3-5-16(18)21/h3-9,17H,10-12H2,1-2H3,(H,22,25). The predicted octanol–water partition coefficient (Wildman–Crippen LogP) is 3.36. The molecule has 0 aliphatic carbocycles. The van der Waals surface area contributed by atoms with E-state index < -0.39 is 11.9 Å². The van der Waals surface area contributed by atoms with Gasteiger partial charge in [-0.25, -0.2) is 4.39 Å². The van der Waals surface area contributed by atoms with E-state index in [0.29, 0.717) is 17.3 Å². The van der Waals surface area contributed by atoms with Crippen molar-refractivity contribution in [3.63, 3.8) is 0 Å². The Bertz CT molecular complexity index is 859. The fraction of sp³-hybridized carbons (Fsp3) is 0.300. The van der Waals surface area contributed by atoms with Crippen LogP contribution in [0.5, 0.6) is 5.75 Å². The molecule has 1 N–H and O–H groups in total. The van der Waals surface area contributed by atoms with Gasteiger partial charge >= 0.3 is 0 Å². The van der Waals surface area contributed by atoms with Crippen LogP contribution in [0, 0.1) is 19.7 Å². The van der Waals surface area contributed by atoms with E-state index in [4.69, 9.17) is 4.74 Å². The zero-order valence-corrected chi connectivity index (χ0v) is 16.0. The lowest BCUT2D eigenvalue weighted by atomic mass is 10.1. The zero-order valence-electron chi connectivity index (χ0n) is 15.2. The number of halogens is 1. The smallest absolute Gasteiger partial charge is 0.261 e. The monoisotopic (exact) mass is 388 g/mol. The SMILES string of the molecule is Cc1ccc(NC(=O)C2CSCN2C(=O)COc2ccccc2F)cc1C. The van der Waals surface area contributed by atoms with Crippen LogP contribution in [-0.4, -0.2) is 41.0 Å². The topological polar surface area (TPSA) is 58.6 Å². The van der Waals surface area contributed by atoms with Gasteiger partial charge in [-0.05, 0) is 49.2 Å². The molecule has 2 aromatic carbocycles. The second kappa shape index (κ2) is 8.43. The molecule has 1 aliphatic heterocycles. The van der Waals surface area contributed by atoms with Crippen molar-refractivity contribution in [2.45, 2.75) is 19.9 Å². The Kier molecular flexibility index (Phi) is 6.01. The summed E-state index contributed by atoms with van der Waals surface area (Å²) < 4.78 is 18.9. The van der Waals surface area contributed by atoms with Gasteiger partial charge in [0.1, 0.15) is 6.04 Å². The number of carbonyl (C=O) groups is 2. The van der Waals surface area contributed by atoms with Crippen molar-refractivity contribution < 1.29 is 18.7 Å². The maximum absolute atomic E-state index is 13.6. The van der Waals surface area contributed by atoms with E-state index in [1.54, 1.807) is 12.1 Å². The molecule has 1 saturated heterocycles. The number of anilines is 1. The van der Waals surface area contributed by atoms with Gasteiger partial charge < -0.3 is 15.0 Å². The fourth-order valence-corrected chi connectivity index (χ4v) is 3.92. The van der Waals surface area contributed by atoms with E-state index in [0.717, 1.165) is 11.1 Å². The highest BCUT2D eigenvalue weighted by atomic mass is 32.2. The van der Waals surface area contributed by atoms with Crippen molar-refractivity contribution in [1.29, 1.82) is 0 Å². The molecule has 1 heterocycles. The first-order valence-corrected chi connectivity index (χ1v) is 9.74. The summed E-state index contributed by atoms with van der Waals surface area (Å²) >= 11 is 1.50. The van der Waals surface area contributed by atoms with Crippen molar-refractivity contribution in [2.24, 2.45) is 0 Å². The zero-order chi connectivity index (χ0) is 19.4. The number of hydrogen-bond donors (Lipinski definition) is 1. The molecule has 0 bridgehead atoms. The van der Waals surface area contributed by atoms with Gasteiger partial charge in [-0.2, -0.15) is 0 Å². The van der Waals surface area contributed by atoms with Gasteiger partial charge in [0.05, 0.1) is 5.88 Å². The van der Waals surface area contributed by atoms with Gasteiger partial charge in [-0.3, -0.25) is 9.59 Å². The molecule has 1 fully saturated rings. The fourth-order valence-electron chi connectivity index (χ4n) is 2.73. The van der Waals surface area contributed by atoms with E-state index >= 15 is 0 Å². The van der Waals surface area contributed by atoms with Crippen LogP contribution < -0.4 is 10.1 Å². The number of nitrogens with zero attached hydrogens (tertiary/aromatic N) is 1. The average Bonchev–Trinajstić information content (AvgIpc) is 3.14. The van der Waals surface area contributed by atoms with Crippen LogP contribution in [0.3, 0.4) is 0 Å². The summed E-state index contributed by atoms with van der Waals surface area (Å²) in [4.78, 5) is 26.6. The minimum atomic E-state index is -0.576. The van der Waals surface area contributed by atoms with Gasteiger partial charge in [-0.15, -0.1) is 11.8 Å². The molecule has 2 amide bonds. The third-order valence-corrected chi connectivity index (χ3v) is 5.48. The summed E-state index contributed by atoms with van der Waals surface area (Å²) in [5.74, 6) is -0.156. The minimum absolute atomic E-state index is 0.0221. The van der Waals surface area contributed by atoms with Crippen molar-refractivity contribution >= 4 is 29.3 Å². The summed E-state index contributed by atoms with van der Waals surface area (Å²) in [5, 5.41) is 2.87. The predicted molar refractivity (Wildman–Crippen MR) is 104 cm³/mol. The second-order valence-electron chi connectivity index (χ2n) is 6.39. The maximum atomic E-state index is 13.6. The van der Waals surface area contributed by atoms with Gasteiger partial charge in [0.15, 0.2) is 18.2 Å². The number of aryl methyl sites for hydroxylation is 2. The Morgan fingerprint density at radius 1 is 1.22 bits per heavy atom. The maximum Gasteiger partial charge on any atom is 0.261 e. The average molecular weight is 388 g/mol. The van der Waals surface area contributed by atoms with Crippen LogP contribution in [0.4, 0.5) is 10.1 Å². The van der Waals surface area contributed by atoms with Crippen LogP contribution in [0.2, 0.25) is 0 Å². The van der Waals surface area contributed by atoms with Crippen LogP contribution in [0.25, 0.3) is 0 Å². The van der Waals surface area contributed by atoms with E-state index in [2.05, 4.69) is 5.32 Å². The van der Waals surface area contributed by atoms with Crippen LogP contribution in [0.15, 0.2) is 42.5 Å². The molecule has 142 valence electrons. The van der Waals surface area contributed by atoms with E-state index in [1.165, 1.54) is 28.8 Å². The van der Waals surface area contributed by atoms with Crippen molar-refractivity contribution in [3.8, 4) is 5.75 Å². The molecule has 0 saturated carbocycles. The highest BCUT2D eigenvalue weighted by molar-refractivity contribution is 7.99. The number of ether oxygens (including phenoxy) is 1. The highest BCUT2D eigenvalue weighted by Crippen LogP contribution is 2.24. The largest absolute Gasteiger partial charge is 0.481 e. The number of rotatable bonds is 5. The molecule has 3 rings (SSSR count). The Hall–Kier alpha value is -2.54. The molecule has 27 heavy (non-hydrogen) atoms. The molecule has 1 aliphatic rings. The molecule has 1 atom stereocenters. The summed E-state index contributed by atoms with van der Waals surface area (Å²) in [7, 11) is 0. The molecule has 1 unspecified atom stereocenters. The lowest BCUT2D eigenvalue weighted by Crippen LogP contribution is -2.46. The quantitative estimate of drug-likeness (QED) is 0.853. The first-order valence-electron chi connectivity index (χ1n) is 8.58. The van der Waals surface area contributed by atoms with Crippen LogP contribution >= 0.6 is 11.8 Å². The van der Waals surface area contributed by atoms with Gasteiger partial charge in [0.2, 0.25) is 5.91 Å². The van der Waals surface area contributed by atoms with E-state index in [1.807, 2.05) is 32.0 Å². The van der Waals surface area contributed by atoms with Crippen molar-refractivity contribution in [2.75, 3.05) is 23.6 Å². The lowest BCUT2D eigenvalue weighted by molar-refractivity contribution is -0.137. The summed E-state index contributed by atoms with van der Waals surface area (Å²) in [6.45, 7) is 3.67. The molecule has 5 nitrogen and oxygen atoms in total. The molecule has 7 heteroatoms. The van der Waals surface area contributed by atoms with Crippen molar-refractivity contribution in [3.05, 3.63) is 59.4 Å². The first kappa shape index (κ1) is 19.2. The minimum Gasteiger partial charge on any atom is -0.481 e. The molecular weight excluding hydrogens is 367 g/mol. The Morgan fingerprint density at radius 3 is 2.74 bits per heavy atom. The summed E-state index contributed by atoms with van der Waals surface area (Å²) in [5.41, 5.74) is 2.93. The third kappa shape index (κ3) is 4.60. The molecule has 2 aromatic rings. The van der Waals surface area contributed by atoms with Crippen LogP contribution in [0.1, 0.15) is 11.1 Å². The van der Waals surface area contributed by atoms with E-state index in [9.17, 15) is 14.0 Å². The van der Waals surface area contributed by atoms with Gasteiger partial charge in [-0.1, -0.05) is 18.2 Å². The Morgan fingerprint density at radius 2 is 2.00 bits per heavy atom. The molecule has 0 spiro atoms. The first-order chi connectivity index (χ1) is 13.0. The summed E-state index contributed by atoms with van der Waals surface area (Å²) in [6, 6.07) is 11.0. The Labute approximate surface area is 161 Å². The van der Waals surface area contributed by atoms with Crippen LogP contribution in [-0.2, 0) is 9.59 Å². The highest BCUT2D eigenvalue weighted by Gasteiger charge is 2.34. The molecular formula is C20H21FN2O3S. The normalized spacial score (nSPS) is 16.3. The molecule has 0 aromatic heterocycles. The summed E-state index contributed by atoms with van der Waals surface area (Å²) in [6.07, 6.45) is 0. The number of carbonyl (C=O) groups excluding carboxylic acids is 2. The lowest BCUT2D eigenvalue weighted by Gasteiger charge is -2.23. The number of para-hydroxylation sites is 1. The number of hydrogen-bond acceptors (Lipinski definition) is 4. The van der Waals surface area contributed by atoms with Gasteiger partial charge in [0, 0.05) is 11.4 Å². The number of thioether (sulfide) groups is 1. The number of amides is 2. The Balaban J connectivity index is 1.61.